The number of ether oxygens (including phenoxy) is 2. The van der Waals surface area contributed by atoms with Gasteiger partial charge in [0, 0.05) is 11.6 Å². The highest BCUT2D eigenvalue weighted by atomic mass is 16.6. The van der Waals surface area contributed by atoms with Crippen LogP contribution in [0.3, 0.4) is 0 Å². The van der Waals surface area contributed by atoms with Crippen molar-refractivity contribution in [2.75, 3.05) is 0 Å². The second-order valence-electron chi connectivity index (χ2n) is 5.36. The van der Waals surface area contributed by atoms with E-state index in [4.69, 9.17) is 9.47 Å². The van der Waals surface area contributed by atoms with E-state index in [0.717, 1.165) is 0 Å². The molecule has 1 aromatic carbocycles. The lowest BCUT2D eigenvalue weighted by Crippen LogP contribution is -2.17. The molecule has 0 spiro atoms. The maximum atomic E-state index is 11.7. The molecule has 1 aromatic rings. The minimum atomic E-state index is -0.642. The summed E-state index contributed by atoms with van der Waals surface area (Å²) < 4.78 is 10.2. The van der Waals surface area contributed by atoms with Gasteiger partial charge in [0.1, 0.15) is 6.61 Å². The van der Waals surface area contributed by atoms with Crippen molar-refractivity contribution >= 4 is 17.6 Å². The summed E-state index contributed by atoms with van der Waals surface area (Å²) in [6.45, 7) is 6.40. The fourth-order valence-electron chi connectivity index (χ4n) is 1.48. The highest BCUT2D eigenvalue weighted by Crippen LogP contribution is 2.32. The zero-order chi connectivity index (χ0) is 16.9. The average molecular weight is 309 g/mol. The van der Waals surface area contributed by atoms with Crippen LogP contribution in [0.15, 0.2) is 18.2 Å². The van der Waals surface area contributed by atoms with Crippen LogP contribution in [-0.4, -0.2) is 16.9 Å². The van der Waals surface area contributed by atoms with Crippen molar-refractivity contribution < 1.29 is 24.0 Å². The van der Waals surface area contributed by atoms with Gasteiger partial charge in [-0.2, -0.15) is 0 Å². The van der Waals surface area contributed by atoms with Gasteiger partial charge in [-0.05, 0) is 0 Å². The lowest BCUT2D eigenvalue weighted by atomic mass is 10.1. The fourth-order valence-corrected chi connectivity index (χ4v) is 1.48. The largest absolute Gasteiger partial charge is 0.460 e. The minimum absolute atomic E-state index is 0.178. The van der Waals surface area contributed by atoms with E-state index in [1.54, 1.807) is 27.7 Å². The van der Waals surface area contributed by atoms with E-state index in [2.05, 4.69) is 0 Å². The van der Waals surface area contributed by atoms with E-state index < -0.39 is 22.8 Å². The quantitative estimate of drug-likeness (QED) is 0.347. The summed E-state index contributed by atoms with van der Waals surface area (Å²) in [5, 5.41) is 11.1. The summed E-state index contributed by atoms with van der Waals surface area (Å²) in [6, 6.07) is 4.20. The predicted octanol–water partition coefficient (Wildman–Crippen LogP) is 2.86. The smallest absolute Gasteiger partial charge is 0.314 e. The van der Waals surface area contributed by atoms with Gasteiger partial charge in [0.2, 0.25) is 5.75 Å². The molecule has 1 rings (SSSR count). The molecular weight excluding hydrogens is 290 g/mol. The van der Waals surface area contributed by atoms with Crippen molar-refractivity contribution in [3.63, 3.8) is 0 Å². The minimum Gasteiger partial charge on any atom is -0.460 e. The standard InChI is InChI=1S/C15H19NO6/c1-9(2)14(17)21-8-11-6-5-7-12(16(19)20)13(11)22-15(18)10(3)4/h5-7,9-10H,8H2,1-4H3. The van der Waals surface area contributed by atoms with Crippen LogP contribution in [0.1, 0.15) is 33.3 Å². The van der Waals surface area contributed by atoms with Gasteiger partial charge >= 0.3 is 17.6 Å². The second-order valence-corrected chi connectivity index (χ2v) is 5.36. The molecule has 7 heteroatoms. The lowest BCUT2D eigenvalue weighted by molar-refractivity contribution is -0.385. The van der Waals surface area contributed by atoms with Gasteiger partial charge in [-0.15, -0.1) is 0 Å². The molecule has 0 N–H and O–H groups in total. The van der Waals surface area contributed by atoms with Crippen molar-refractivity contribution in [1.29, 1.82) is 0 Å². The molecule has 0 fully saturated rings. The number of nitro benzene ring substituents is 1. The van der Waals surface area contributed by atoms with Gasteiger partial charge in [0.15, 0.2) is 0 Å². The number of hydrogen-bond acceptors (Lipinski definition) is 6. The maximum absolute atomic E-state index is 11.7. The van der Waals surface area contributed by atoms with Crippen LogP contribution >= 0.6 is 0 Å². The molecule has 0 aromatic heterocycles. The first-order valence-electron chi connectivity index (χ1n) is 6.88. The van der Waals surface area contributed by atoms with Crippen molar-refractivity contribution in [3.05, 3.63) is 33.9 Å². The average Bonchev–Trinajstić information content (AvgIpc) is 2.44. The Balaban J connectivity index is 3.10. The second kappa shape index (κ2) is 7.53. The number of benzene rings is 1. The van der Waals surface area contributed by atoms with Gasteiger partial charge < -0.3 is 9.47 Å². The first kappa shape index (κ1) is 17.6. The van der Waals surface area contributed by atoms with Gasteiger partial charge in [0.05, 0.1) is 16.8 Å². The van der Waals surface area contributed by atoms with E-state index in [9.17, 15) is 19.7 Å². The van der Waals surface area contributed by atoms with Crippen LogP contribution in [0.4, 0.5) is 5.69 Å². The molecule has 0 amide bonds. The van der Waals surface area contributed by atoms with Crippen LogP contribution in [0.2, 0.25) is 0 Å². The number of para-hydroxylation sites is 1. The molecular formula is C15H19NO6. The molecule has 0 unspecified atom stereocenters. The maximum Gasteiger partial charge on any atom is 0.314 e. The predicted molar refractivity (Wildman–Crippen MR) is 78.2 cm³/mol. The van der Waals surface area contributed by atoms with E-state index in [1.807, 2.05) is 0 Å². The third-order valence-corrected chi connectivity index (χ3v) is 2.79. The van der Waals surface area contributed by atoms with Crippen LogP contribution in [0.25, 0.3) is 0 Å². The Morgan fingerprint density at radius 3 is 2.23 bits per heavy atom. The molecule has 0 aliphatic carbocycles. The summed E-state index contributed by atoms with van der Waals surface area (Å²) >= 11 is 0. The number of esters is 2. The number of rotatable bonds is 6. The summed E-state index contributed by atoms with van der Waals surface area (Å²) in [4.78, 5) is 33.7. The number of nitrogens with zero attached hydrogens (tertiary/aromatic N) is 1. The number of carbonyl (C=O) groups excluding carboxylic acids is 2. The summed E-state index contributed by atoms with van der Waals surface area (Å²) in [7, 11) is 0. The molecule has 0 aliphatic heterocycles. The normalized spacial score (nSPS) is 10.6. The van der Waals surface area contributed by atoms with Crippen LogP contribution in [-0.2, 0) is 20.9 Å². The number of hydrogen-bond donors (Lipinski definition) is 0. The SMILES string of the molecule is CC(C)C(=O)OCc1cccc([N+](=O)[O-])c1OC(=O)C(C)C. The van der Waals surface area contributed by atoms with E-state index in [1.165, 1.54) is 18.2 Å². The molecule has 0 aliphatic rings. The Kier molecular flexibility index (Phi) is 6.03. The van der Waals surface area contributed by atoms with Gasteiger partial charge in [0.25, 0.3) is 0 Å². The topological polar surface area (TPSA) is 95.7 Å². The van der Waals surface area contributed by atoms with E-state index in [0.29, 0.717) is 0 Å². The molecule has 0 bridgehead atoms. The monoisotopic (exact) mass is 309 g/mol. The van der Waals surface area contributed by atoms with Crippen molar-refractivity contribution in [3.8, 4) is 5.75 Å². The van der Waals surface area contributed by atoms with E-state index in [-0.39, 0.29) is 29.5 Å². The zero-order valence-electron chi connectivity index (χ0n) is 13.0. The number of nitro groups is 1. The Morgan fingerprint density at radius 1 is 1.14 bits per heavy atom. The highest BCUT2D eigenvalue weighted by molar-refractivity contribution is 5.76. The van der Waals surface area contributed by atoms with Gasteiger partial charge in [-0.25, -0.2) is 0 Å². The Morgan fingerprint density at radius 2 is 1.73 bits per heavy atom. The summed E-state index contributed by atoms with van der Waals surface area (Å²) in [6.07, 6.45) is 0. The van der Waals surface area contributed by atoms with Gasteiger partial charge in [-0.3, -0.25) is 19.7 Å². The third-order valence-electron chi connectivity index (χ3n) is 2.79. The van der Waals surface area contributed by atoms with Crippen LogP contribution in [0.5, 0.6) is 5.75 Å². The first-order valence-corrected chi connectivity index (χ1v) is 6.88. The molecule has 0 saturated heterocycles. The number of carbonyl (C=O) groups is 2. The molecule has 0 radical (unpaired) electrons. The Labute approximate surface area is 128 Å². The van der Waals surface area contributed by atoms with Crippen molar-refractivity contribution in [2.24, 2.45) is 11.8 Å². The molecule has 7 nitrogen and oxygen atoms in total. The summed E-state index contributed by atoms with van der Waals surface area (Å²) in [5.74, 6) is -1.97. The molecule has 120 valence electrons. The Hall–Kier alpha value is -2.44. The van der Waals surface area contributed by atoms with Crippen molar-refractivity contribution in [2.45, 2.75) is 34.3 Å². The highest BCUT2D eigenvalue weighted by Gasteiger charge is 2.24. The fraction of sp³-hybridized carbons (Fsp3) is 0.467. The third kappa shape index (κ3) is 4.54. The van der Waals surface area contributed by atoms with Crippen LogP contribution in [0, 0.1) is 22.0 Å². The Bertz CT molecular complexity index is 579. The van der Waals surface area contributed by atoms with E-state index >= 15 is 0 Å². The summed E-state index contributed by atoms with van der Waals surface area (Å²) in [5.41, 5.74) is -0.0655. The van der Waals surface area contributed by atoms with Crippen LogP contribution < -0.4 is 4.74 Å². The lowest BCUT2D eigenvalue weighted by Gasteiger charge is -2.13. The molecule has 22 heavy (non-hydrogen) atoms. The molecule has 0 heterocycles. The van der Waals surface area contributed by atoms with Gasteiger partial charge in [-0.1, -0.05) is 39.8 Å². The molecule has 0 atom stereocenters. The molecule has 0 saturated carbocycles. The van der Waals surface area contributed by atoms with Crippen molar-refractivity contribution in [1.82, 2.24) is 0 Å². The zero-order valence-corrected chi connectivity index (χ0v) is 13.0. The first-order chi connectivity index (χ1) is 10.2.